The number of benzene rings is 1. The lowest BCUT2D eigenvalue weighted by molar-refractivity contribution is 0.369. The molecule has 1 aliphatic rings. The van der Waals surface area contributed by atoms with Gasteiger partial charge in [0.1, 0.15) is 0 Å². The second-order valence-electron chi connectivity index (χ2n) is 6.01. The molecular formula is C15H23ClN2O2S. The fourth-order valence-electron chi connectivity index (χ4n) is 2.84. The molecule has 1 aromatic carbocycles. The average molecular weight is 331 g/mol. The first-order chi connectivity index (χ1) is 9.82. The Morgan fingerprint density at radius 1 is 1.24 bits per heavy atom. The molecular weight excluding hydrogens is 308 g/mol. The van der Waals surface area contributed by atoms with E-state index in [9.17, 15) is 8.42 Å². The molecule has 21 heavy (non-hydrogen) atoms. The summed E-state index contributed by atoms with van der Waals surface area (Å²) in [7, 11) is -3.55. The molecule has 0 radical (unpaired) electrons. The van der Waals surface area contributed by atoms with E-state index in [2.05, 4.69) is 4.72 Å². The van der Waals surface area contributed by atoms with Crippen LogP contribution in [-0.2, 0) is 10.0 Å². The Morgan fingerprint density at radius 2 is 1.86 bits per heavy atom. The smallest absolute Gasteiger partial charge is 0.240 e. The van der Waals surface area contributed by atoms with Crippen LogP contribution in [0.3, 0.4) is 0 Å². The Balaban J connectivity index is 2.10. The third kappa shape index (κ3) is 4.42. The van der Waals surface area contributed by atoms with Crippen LogP contribution in [0.2, 0.25) is 5.02 Å². The minimum atomic E-state index is -3.55. The van der Waals surface area contributed by atoms with Crippen LogP contribution >= 0.6 is 11.6 Å². The summed E-state index contributed by atoms with van der Waals surface area (Å²) in [6.45, 7) is 2.03. The lowest BCUT2D eigenvalue weighted by Crippen LogP contribution is -2.49. The van der Waals surface area contributed by atoms with Crippen molar-refractivity contribution in [3.05, 3.63) is 28.8 Å². The van der Waals surface area contributed by atoms with E-state index in [-0.39, 0.29) is 11.4 Å². The van der Waals surface area contributed by atoms with Gasteiger partial charge in [-0.2, -0.15) is 0 Å². The highest BCUT2D eigenvalue weighted by molar-refractivity contribution is 7.89. The first kappa shape index (κ1) is 16.7. The van der Waals surface area contributed by atoms with Crippen LogP contribution in [0.15, 0.2) is 23.1 Å². The third-order valence-electron chi connectivity index (χ3n) is 4.14. The summed E-state index contributed by atoms with van der Waals surface area (Å²) in [5.74, 6) is 0. The third-order valence-corrected chi connectivity index (χ3v) is 5.94. The SMILES string of the molecule is Cc1cc(Cl)ccc1S(=O)(=O)NCC1(N)CCCCCC1. The summed E-state index contributed by atoms with van der Waals surface area (Å²) < 4.78 is 27.5. The molecule has 1 saturated carbocycles. The molecule has 0 unspecified atom stereocenters. The van der Waals surface area contributed by atoms with E-state index in [1.54, 1.807) is 19.1 Å². The predicted octanol–water partition coefficient (Wildman–Crippen LogP) is 2.98. The normalized spacial score (nSPS) is 19.2. The highest BCUT2D eigenvalue weighted by atomic mass is 35.5. The van der Waals surface area contributed by atoms with Gasteiger partial charge in [-0.1, -0.05) is 37.3 Å². The molecule has 1 aromatic rings. The maximum atomic E-state index is 12.4. The highest BCUT2D eigenvalue weighted by Gasteiger charge is 2.28. The van der Waals surface area contributed by atoms with Gasteiger partial charge in [-0.25, -0.2) is 13.1 Å². The monoisotopic (exact) mass is 330 g/mol. The van der Waals surface area contributed by atoms with Crippen molar-refractivity contribution in [3.8, 4) is 0 Å². The first-order valence-corrected chi connectivity index (χ1v) is 9.23. The van der Waals surface area contributed by atoms with Crippen LogP contribution in [-0.4, -0.2) is 20.5 Å². The van der Waals surface area contributed by atoms with Crippen molar-refractivity contribution in [2.45, 2.75) is 55.9 Å². The number of sulfonamides is 1. The number of aryl methyl sites for hydroxylation is 1. The molecule has 0 saturated heterocycles. The Kier molecular flexibility index (Phi) is 5.30. The van der Waals surface area contributed by atoms with E-state index in [0.717, 1.165) is 25.7 Å². The maximum Gasteiger partial charge on any atom is 0.240 e. The van der Waals surface area contributed by atoms with E-state index >= 15 is 0 Å². The summed E-state index contributed by atoms with van der Waals surface area (Å²) in [4.78, 5) is 0.268. The summed E-state index contributed by atoms with van der Waals surface area (Å²) in [6.07, 6.45) is 6.24. The van der Waals surface area contributed by atoms with E-state index in [0.29, 0.717) is 10.6 Å². The van der Waals surface area contributed by atoms with Crippen LogP contribution in [0.4, 0.5) is 0 Å². The second kappa shape index (κ2) is 6.65. The Morgan fingerprint density at radius 3 is 2.43 bits per heavy atom. The molecule has 0 aliphatic heterocycles. The zero-order valence-corrected chi connectivity index (χ0v) is 13.9. The topological polar surface area (TPSA) is 72.2 Å². The molecule has 0 spiro atoms. The largest absolute Gasteiger partial charge is 0.324 e. The van der Waals surface area contributed by atoms with Crippen molar-refractivity contribution < 1.29 is 8.42 Å². The quantitative estimate of drug-likeness (QED) is 0.834. The van der Waals surface area contributed by atoms with Crippen LogP contribution in [0.1, 0.15) is 44.1 Å². The fourth-order valence-corrected chi connectivity index (χ4v) is 4.43. The van der Waals surface area contributed by atoms with Gasteiger partial charge in [0.05, 0.1) is 4.90 Å². The molecule has 0 aromatic heterocycles. The number of hydrogen-bond acceptors (Lipinski definition) is 3. The summed E-state index contributed by atoms with van der Waals surface area (Å²) in [6, 6.07) is 4.78. The Hall–Kier alpha value is -0.620. The molecule has 3 N–H and O–H groups in total. The van der Waals surface area contributed by atoms with E-state index < -0.39 is 15.6 Å². The van der Waals surface area contributed by atoms with Crippen molar-refractivity contribution >= 4 is 21.6 Å². The molecule has 118 valence electrons. The second-order valence-corrected chi connectivity index (χ2v) is 8.18. The molecule has 0 bridgehead atoms. The number of rotatable bonds is 4. The van der Waals surface area contributed by atoms with Gasteiger partial charge in [-0.15, -0.1) is 0 Å². The van der Waals surface area contributed by atoms with Gasteiger partial charge < -0.3 is 5.73 Å². The molecule has 0 atom stereocenters. The van der Waals surface area contributed by atoms with Crippen molar-refractivity contribution in [3.63, 3.8) is 0 Å². The lowest BCUT2D eigenvalue weighted by Gasteiger charge is -2.28. The Labute approximate surface area is 132 Å². The minimum Gasteiger partial charge on any atom is -0.324 e. The van der Waals surface area contributed by atoms with E-state index in [4.69, 9.17) is 17.3 Å². The zero-order valence-electron chi connectivity index (χ0n) is 12.4. The van der Waals surface area contributed by atoms with Gasteiger partial charge in [0, 0.05) is 17.1 Å². The van der Waals surface area contributed by atoms with Crippen LogP contribution in [0.5, 0.6) is 0 Å². The van der Waals surface area contributed by atoms with Gasteiger partial charge in [0.15, 0.2) is 0 Å². The van der Waals surface area contributed by atoms with E-state index in [1.165, 1.54) is 18.9 Å². The van der Waals surface area contributed by atoms with Gasteiger partial charge in [0.25, 0.3) is 0 Å². The minimum absolute atomic E-state index is 0.268. The van der Waals surface area contributed by atoms with Crippen molar-refractivity contribution in [2.75, 3.05) is 6.54 Å². The molecule has 0 heterocycles. The summed E-state index contributed by atoms with van der Waals surface area (Å²) in [5.41, 5.74) is 6.57. The highest BCUT2D eigenvalue weighted by Crippen LogP contribution is 2.25. The van der Waals surface area contributed by atoms with Crippen molar-refractivity contribution in [1.82, 2.24) is 4.72 Å². The maximum absolute atomic E-state index is 12.4. The molecule has 0 amide bonds. The standard InChI is InChI=1S/C15H23ClN2O2S/c1-12-10-13(16)6-7-14(12)21(19,20)18-11-15(17)8-4-2-3-5-9-15/h6-7,10,18H,2-5,8-9,11,17H2,1H3. The zero-order chi connectivity index (χ0) is 15.5. The van der Waals surface area contributed by atoms with Crippen LogP contribution in [0.25, 0.3) is 0 Å². The van der Waals surface area contributed by atoms with Gasteiger partial charge >= 0.3 is 0 Å². The number of halogens is 1. The van der Waals surface area contributed by atoms with E-state index in [1.807, 2.05) is 0 Å². The molecule has 6 heteroatoms. The number of hydrogen-bond donors (Lipinski definition) is 2. The van der Waals surface area contributed by atoms with Gasteiger partial charge in [-0.3, -0.25) is 0 Å². The van der Waals surface area contributed by atoms with Crippen LogP contribution in [0, 0.1) is 6.92 Å². The van der Waals surface area contributed by atoms with Gasteiger partial charge in [0.2, 0.25) is 10.0 Å². The van der Waals surface area contributed by atoms with Gasteiger partial charge in [-0.05, 0) is 43.5 Å². The summed E-state index contributed by atoms with van der Waals surface area (Å²) >= 11 is 5.87. The summed E-state index contributed by atoms with van der Waals surface area (Å²) in [5, 5.41) is 0.533. The molecule has 1 fully saturated rings. The first-order valence-electron chi connectivity index (χ1n) is 7.37. The lowest BCUT2D eigenvalue weighted by atomic mass is 9.92. The Bertz CT molecular complexity index is 594. The van der Waals surface area contributed by atoms with Crippen LogP contribution < -0.4 is 10.5 Å². The molecule has 1 aliphatic carbocycles. The average Bonchev–Trinajstić information content (AvgIpc) is 2.62. The van der Waals surface area contributed by atoms with Crippen molar-refractivity contribution in [1.29, 1.82) is 0 Å². The number of nitrogens with two attached hydrogens (primary N) is 1. The van der Waals surface area contributed by atoms with Crippen molar-refractivity contribution in [2.24, 2.45) is 5.73 Å². The predicted molar refractivity (Wildman–Crippen MR) is 86.0 cm³/mol. The molecule has 4 nitrogen and oxygen atoms in total. The fraction of sp³-hybridized carbons (Fsp3) is 0.600. The molecule has 2 rings (SSSR count). The number of nitrogens with one attached hydrogen (secondary N) is 1.